The molecule has 0 atom stereocenters. The summed E-state index contributed by atoms with van der Waals surface area (Å²) in [4.78, 5) is 3.90. The van der Waals surface area contributed by atoms with Crippen molar-refractivity contribution in [1.29, 1.82) is 0 Å². The van der Waals surface area contributed by atoms with Crippen molar-refractivity contribution in [3.63, 3.8) is 0 Å². The van der Waals surface area contributed by atoms with Gasteiger partial charge in [0.2, 0.25) is 0 Å². The van der Waals surface area contributed by atoms with Crippen molar-refractivity contribution in [1.82, 2.24) is 4.90 Å². The van der Waals surface area contributed by atoms with Gasteiger partial charge in [-0.2, -0.15) is 0 Å². The zero-order valence-electron chi connectivity index (χ0n) is 7.62. The van der Waals surface area contributed by atoms with E-state index >= 15 is 0 Å². The normalized spacial score (nSPS) is 17.5. The molecule has 1 aliphatic heterocycles. The van der Waals surface area contributed by atoms with Crippen LogP contribution in [0.25, 0.3) is 0 Å². The number of terminal acetylenes is 1. The average Bonchev–Trinajstić information content (AvgIpc) is 2.46. The molecule has 68 valence electrons. The van der Waals surface area contributed by atoms with Crippen LogP contribution < -0.4 is 0 Å². The summed E-state index contributed by atoms with van der Waals surface area (Å²) in [5.41, 5.74) is 1.48. The summed E-state index contributed by atoms with van der Waals surface area (Å²) in [6.07, 6.45) is 7.79. The van der Waals surface area contributed by atoms with E-state index in [0.717, 1.165) is 19.6 Å². The quantitative estimate of drug-likeness (QED) is 0.615. The molecule has 0 radical (unpaired) electrons. The standard InChI is InChI=1S/C11H13NS/c1-2-6-12-7-3-4-11-10(9-12)5-8-13-11/h1,5,8H,3-4,6-7,9H2. The highest BCUT2D eigenvalue weighted by Gasteiger charge is 2.13. The Morgan fingerprint density at radius 3 is 3.38 bits per heavy atom. The molecule has 0 spiro atoms. The van der Waals surface area contributed by atoms with Crippen molar-refractivity contribution >= 4 is 11.3 Å². The Morgan fingerprint density at radius 2 is 2.54 bits per heavy atom. The third kappa shape index (κ3) is 1.93. The summed E-state index contributed by atoms with van der Waals surface area (Å²) >= 11 is 1.88. The van der Waals surface area contributed by atoms with E-state index < -0.39 is 0 Å². The minimum absolute atomic E-state index is 0.787. The van der Waals surface area contributed by atoms with E-state index in [-0.39, 0.29) is 0 Å². The van der Waals surface area contributed by atoms with Gasteiger partial charge in [-0.25, -0.2) is 0 Å². The molecule has 0 saturated heterocycles. The van der Waals surface area contributed by atoms with Gasteiger partial charge < -0.3 is 0 Å². The van der Waals surface area contributed by atoms with Crippen molar-refractivity contribution < 1.29 is 0 Å². The van der Waals surface area contributed by atoms with Crippen LogP contribution in [0.4, 0.5) is 0 Å². The molecule has 2 rings (SSSR count). The Hall–Kier alpha value is -0.780. The van der Waals surface area contributed by atoms with Gasteiger partial charge >= 0.3 is 0 Å². The van der Waals surface area contributed by atoms with E-state index in [1.54, 1.807) is 4.88 Å². The van der Waals surface area contributed by atoms with Gasteiger partial charge in [0.1, 0.15) is 0 Å². The summed E-state index contributed by atoms with van der Waals surface area (Å²) in [7, 11) is 0. The monoisotopic (exact) mass is 191 g/mol. The Labute approximate surface area is 83.4 Å². The predicted molar refractivity (Wildman–Crippen MR) is 56.8 cm³/mol. The molecule has 0 aromatic carbocycles. The third-order valence-corrected chi connectivity index (χ3v) is 3.45. The SMILES string of the molecule is C#CCN1CCCc2sccc2C1. The van der Waals surface area contributed by atoms with E-state index in [9.17, 15) is 0 Å². The van der Waals surface area contributed by atoms with Crippen LogP contribution >= 0.6 is 11.3 Å². The van der Waals surface area contributed by atoms with E-state index in [1.165, 1.54) is 18.4 Å². The fraction of sp³-hybridized carbons (Fsp3) is 0.455. The summed E-state index contributed by atoms with van der Waals surface area (Å²) in [5, 5.41) is 2.18. The van der Waals surface area contributed by atoms with Gasteiger partial charge in [0, 0.05) is 11.4 Å². The van der Waals surface area contributed by atoms with E-state index in [4.69, 9.17) is 6.42 Å². The first-order valence-corrected chi connectivity index (χ1v) is 5.49. The second kappa shape index (κ2) is 3.95. The number of fused-ring (bicyclic) bond motifs is 1. The minimum Gasteiger partial charge on any atom is -0.288 e. The van der Waals surface area contributed by atoms with E-state index in [2.05, 4.69) is 22.3 Å². The van der Waals surface area contributed by atoms with Gasteiger partial charge in [-0.3, -0.25) is 4.90 Å². The second-order valence-corrected chi connectivity index (χ2v) is 4.39. The first-order chi connectivity index (χ1) is 6.40. The van der Waals surface area contributed by atoms with Crippen molar-refractivity contribution in [2.75, 3.05) is 13.1 Å². The maximum absolute atomic E-state index is 5.32. The lowest BCUT2D eigenvalue weighted by molar-refractivity contribution is 0.304. The maximum atomic E-state index is 5.32. The van der Waals surface area contributed by atoms with Gasteiger partial charge in [0.25, 0.3) is 0 Å². The second-order valence-electron chi connectivity index (χ2n) is 3.39. The molecule has 0 unspecified atom stereocenters. The van der Waals surface area contributed by atoms with Crippen LogP contribution in [-0.2, 0) is 13.0 Å². The molecule has 1 aliphatic rings. The Bertz CT molecular complexity index is 321. The van der Waals surface area contributed by atoms with Crippen LogP contribution in [-0.4, -0.2) is 18.0 Å². The number of hydrogen-bond acceptors (Lipinski definition) is 2. The molecule has 1 aromatic rings. The van der Waals surface area contributed by atoms with Crippen LogP contribution in [0.15, 0.2) is 11.4 Å². The number of nitrogens with zero attached hydrogens (tertiary/aromatic N) is 1. The smallest absolute Gasteiger partial charge is 0.0601 e. The Kier molecular flexibility index (Phi) is 2.68. The lowest BCUT2D eigenvalue weighted by atomic mass is 10.2. The first-order valence-electron chi connectivity index (χ1n) is 4.61. The highest BCUT2D eigenvalue weighted by molar-refractivity contribution is 7.10. The van der Waals surface area contributed by atoms with Gasteiger partial charge in [0.15, 0.2) is 0 Å². The number of rotatable bonds is 1. The zero-order chi connectivity index (χ0) is 9.10. The molecule has 0 amide bonds. The van der Waals surface area contributed by atoms with E-state index in [1.807, 2.05) is 11.3 Å². The van der Waals surface area contributed by atoms with Crippen molar-refractivity contribution in [2.45, 2.75) is 19.4 Å². The third-order valence-electron chi connectivity index (χ3n) is 2.42. The van der Waals surface area contributed by atoms with E-state index in [0.29, 0.717) is 0 Å². The van der Waals surface area contributed by atoms with Crippen LogP contribution in [0.5, 0.6) is 0 Å². The fourth-order valence-electron chi connectivity index (χ4n) is 1.77. The average molecular weight is 191 g/mol. The van der Waals surface area contributed by atoms with Crippen molar-refractivity contribution in [3.8, 4) is 12.3 Å². The number of hydrogen-bond donors (Lipinski definition) is 0. The summed E-state index contributed by atoms with van der Waals surface area (Å²) < 4.78 is 0. The minimum atomic E-state index is 0.787. The Morgan fingerprint density at radius 1 is 1.62 bits per heavy atom. The molecule has 0 saturated carbocycles. The molecule has 13 heavy (non-hydrogen) atoms. The van der Waals surface area contributed by atoms with Crippen LogP contribution in [0.2, 0.25) is 0 Å². The molecular weight excluding hydrogens is 178 g/mol. The summed E-state index contributed by atoms with van der Waals surface area (Å²) in [6.45, 7) is 2.98. The van der Waals surface area contributed by atoms with Crippen LogP contribution in [0.3, 0.4) is 0 Å². The predicted octanol–water partition coefficient (Wildman–Crippen LogP) is 2.13. The topological polar surface area (TPSA) is 3.24 Å². The lowest BCUT2D eigenvalue weighted by Gasteiger charge is -2.15. The lowest BCUT2D eigenvalue weighted by Crippen LogP contribution is -2.23. The highest BCUT2D eigenvalue weighted by atomic mass is 32.1. The molecule has 1 aromatic heterocycles. The number of aryl methyl sites for hydroxylation is 1. The summed E-state index contributed by atoms with van der Waals surface area (Å²) in [5.74, 6) is 2.72. The van der Waals surface area contributed by atoms with Crippen LogP contribution in [0, 0.1) is 12.3 Å². The number of thiophene rings is 1. The van der Waals surface area contributed by atoms with Crippen molar-refractivity contribution in [3.05, 3.63) is 21.9 Å². The van der Waals surface area contributed by atoms with Crippen LogP contribution in [0.1, 0.15) is 16.9 Å². The molecule has 2 heterocycles. The van der Waals surface area contributed by atoms with Gasteiger partial charge in [-0.05, 0) is 36.4 Å². The molecular formula is C11H13NS. The van der Waals surface area contributed by atoms with Gasteiger partial charge in [0.05, 0.1) is 6.54 Å². The molecule has 0 N–H and O–H groups in total. The van der Waals surface area contributed by atoms with Crippen molar-refractivity contribution in [2.24, 2.45) is 0 Å². The first kappa shape index (κ1) is 8.80. The maximum Gasteiger partial charge on any atom is 0.0601 e. The zero-order valence-corrected chi connectivity index (χ0v) is 8.44. The highest BCUT2D eigenvalue weighted by Crippen LogP contribution is 2.23. The molecule has 2 heteroatoms. The largest absolute Gasteiger partial charge is 0.288 e. The Balaban J connectivity index is 2.13. The summed E-state index contributed by atoms with van der Waals surface area (Å²) in [6, 6.07) is 2.23. The molecule has 0 aliphatic carbocycles. The fourth-order valence-corrected chi connectivity index (χ4v) is 2.72. The molecule has 0 fully saturated rings. The van der Waals surface area contributed by atoms with Gasteiger partial charge in [-0.15, -0.1) is 17.8 Å². The molecule has 0 bridgehead atoms. The molecule has 1 nitrogen and oxygen atoms in total. The van der Waals surface area contributed by atoms with Gasteiger partial charge in [-0.1, -0.05) is 5.92 Å².